The van der Waals surface area contributed by atoms with Gasteiger partial charge >= 0.3 is 15.6 Å². The van der Waals surface area contributed by atoms with Crippen molar-refractivity contribution in [1.29, 1.82) is 0 Å². The fourth-order valence-electron chi connectivity index (χ4n) is 2.57. The summed E-state index contributed by atoms with van der Waals surface area (Å²) in [5.74, 6) is 0. The number of rotatable bonds is 2. The average Bonchev–Trinajstić information content (AvgIpc) is 2.44. The molecule has 1 aliphatic rings. The molecule has 0 bridgehead atoms. The van der Waals surface area contributed by atoms with E-state index in [0.717, 1.165) is 10.9 Å². The highest BCUT2D eigenvalue weighted by molar-refractivity contribution is 7.87. The Balaban J connectivity index is 2.03. The van der Waals surface area contributed by atoms with Crippen LogP contribution in [0.5, 0.6) is 0 Å². The number of hydrogen-bond acceptors (Lipinski definition) is 4. The summed E-state index contributed by atoms with van der Waals surface area (Å²) >= 11 is 0. The van der Waals surface area contributed by atoms with E-state index in [1.165, 1.54) is 0 Å². The molecular formula is C14H12F3NO3S. The third-order valence-electron chi connectivity index (χ3n) is 3.58. The first-order valence-corrected chi connectivity index (χ1v) is 8.07. The monoisotopic (exact) mass is 331 g/mol. The van der Waals surface area contributed by atoms with Gasteiger partial charge in [0.25, 0.3) is 0 Å². The van der Waals surface area contributed by atoms with Crippen LogP contribution in [0.3, 0.4) is 0 Å². The quantitative estimate of drug-likeness (QED) is 0.624. The van der Waals surface area contributed by atoms with Crippen LogP contribution in [-0.4, -0.2) is 18.9 Å². The molecule has 0 spiro atoms. The van der Waals surface area contributed by atoms with Crippen LogP contribution < -0.4 is 0 Å². The maximum absolute atomic E-state index is 12.5. The van der Waals surface area contributed by atoms with Crippen LogP contribution in [0.15, 0.2) is 30.3 Å². The zero-order valence-electron chi connectivity index (χ0n) is 11.3. The molecule has 0 saturated carbocycles. The van der Waals surface area contributed by atoms with E-state index in [4.69, 9.17) is 0 Å². The minimum atomic E-state index is -5.63. The van der Waals surface area contributed by atoms with Crippen molar-refractivity contribution < 1.29 is 25.8 Å². The van der Waals surface area contributed by atoms with Crippen molar-refractivity contribution in [3.05, 3.63) is 41.6 Å². The molecule has 4 nitrogen and oxygen atoms in total. The molecule has 2 aromatic rings. The van der Waals surface area contributed by atoms with Crippen molar-refractivity contribution in [2.45, 2.75) is 30.9 Å². The summed E-state index contributed by atoms with van der Waals surface area (Å²) in [7, 11) is -5.63. The minimum absolute atomic E-state index is 0.188. The number of nitrogens with zero attached hydrogens (tertiary/aromatic N) is 1. The molecule has 0 N–H and O–H groups in total. The highest BCUT2D eigenvalue weighted by atomic mass is 32.2. The van der Waals surface area contributed by atoms with Gasteiger partial charge in [-0.2, -0.15) is 21.6 Å². The topological polar surface area (TPSA) is 56.3 Å². The Bertz CT molecular complexity index is 818. The molecule has 0 fully saturated rings. The van der Waals surface area contributed by atoms with Gasteiger partial charge in [-0.25, -0.2) is 4.98 Å². The number of fused-ring (bicyclic) bond motifs is 2. The second-order valence-electron chi connectivity index (χ2n) is 5.10. The van der Waals surface area contributed by atoms with Gasteiger partial charge in [-0.1, -0.05) is 18.2 Å². The molecule has 3 rings (SSSR count). The van der Waals surface area contributed by atoms with Gasteiger partial charge in [0.1, 0.15) is 6.10 Å². The van der Waals surface area contributed by atoms with E-state index in [1.54, 1.807) is 12.1 Å². The minimum Gasteiger partial charge on any atom is -0.253 e. The first kappa shape index (κ1) is 15.2. The highest BCUT2D eigenvalue weighted by Gasteiger charge is 2.49. The van der Waals surface area contributed by atoms with Crippen molar-refractivity contribution in [1.82, 2.24) is 4.98 Å². The van der Waals surface area contributed by atoms with Gasteiger partial charge < -0.3 is 0 Å². The summed E-state index contributed by atoms with van der Waals surface area (Å²) in [5.41, 5.74) is -3.83. The average molecular weight is 331 g/mol. The summed E-state index contributed by atoms with van der Waals surface area (Å²) in [6, 6.07) is 8.99. The third-order valence-corrected chi connectivity index (χ3v) is 4.63. The molecule has 1 heterocycles. The molecule has 1 aliphatic carbocycles. The first-order chi connectivity index (χ1) is 10.3. The van der Waals surface area contributed by atoms with Crippen molar-refractivity contribution >= 4 is 21.0 Å². The molecule has 1 unspecified atom stereocenters. The molecule has 118 valence electrons. The fraction of sp³-hybridized carbons (Fsp3) is 0.357. The molecular weight excluding hydrogens is 319 g/mol. The van der Waals surface area contributed by atoms with Crippen LogP contribution in [-0.2, 0) is 20.7 Å². The van der Waals surface area contributed by atoms with Gasteiger partial charge in [-0.3, -0.25) is 4.18 Å². The maximum Gasteiger partial charge on any atom is 0.523 e. The van der Waals surface area contributed by atoms with Gasteiger partial charge in [0.05, 0.1) is 11.2 Å². The van der Waals surface area contributed by atoms with Crippen LogP contribution in [0.25, 0.3) is 10.9 Å². The number of alkyl halides is 3. The first-order valence-electron chi connectivity index (χ1n) is 6.66. The molecule has 0 saturated heterocycles. The van der Waals surface area contributed by atoms with Gasteiger partial charge in [0.15, 0.2) is 0 Å². The van der Waals surface area contributed by atoms with Crippen LogP contribution in [0.1, 0.15) is 30.2 Å². The lowest BCUT2D eigenvalue weighted by molar-refractivity contribution is -0.0581. The summed E-state index contributed by atoms with van der Waals surface area (Å²) in [5, 5.41) is 0.862. The smallest absolute Gasteiger partial charge is 0.253 e. The van der Waals surface area contributed by atoms with E-state index >= 15 is 0 Å². The van der Waals surface area contributed by atoms with E-state index in [0.29, 0.717) is 18.4 Å². The predicted molar refractivity (Wildman–Crippen MR) is 73.5 cm³/mol. The molecule has 0 aliphatic heterocycles. The Kier molecular flexibility index (Phi) is 3.60. The number of aryl methyl sites for hydroxylation is 1. The summed E-state index contributed by atoms with van der Waals surface area (Å²) in [6.07, 6.45) is 0.178. The third kappa shape index (κ3) is 2.68. The van der Waals surface area contributed by atoms with Gasteiger partial charge in [-0.15, -0.1) is 0 Å². The Morgan fingerprint density at radius 2 is 1.95 bits per heavy atom. The lowest BCUT2D eigenvalue weighted by Crippen LogP contribution is -2.28. The van der Waals surface area contributed by atoms with Gasteiger partial charge in [-0.05, 0) is 37.0 Å². The zero-order chi connectivity index (χ0) is 16.0. The Morgan fingerprint density at radius 3 is 2.68 bits per heavy atom. The van der Waals surface area contributed by atoms with Crippen molar-refractivity contribution in [2.75, 3.05) is 0 Å². The highest BCUT2D eigenvalue weighted by Crippen LogP contribution is 2.37. The molecule has 0 radical (unpaired) electrons. The normalized spacial score (nSPS) is 19.1. The molecule has 8 heteroatoms. The molecule has 1 aromatic heterocycles. The van der Waals surface area contributed by atoms with Crippen LogP contribution in [0.2, 0.25) is 0 Å². The maximum atomic E-state index is 12.5. The number of pyridine rings is 1. The van der Waals surface area contributed by atoms with E-state index in [9.17, 15) is 21.6 Å². The molecule has 22 heavy (non-hydrogen) atoms. The number of halogens is 3. The summed E-state index contributed by atoms with van der Waals surface area (Å²) in [4.78, 5) is 4.31. The lowest BCUT2D eigenvalue weighted by Gasteiger charge is -2.24. The van der Waals surface area contributed by atoms with Crippen molar-refractivity contribution in [3.63, 3.8) is 0 Å². The zero-order valence-corrected chi connectivity index (χ0v) is 12.1. The second kappa shape index (κ2) is 5.20. The number of benzene rings is 1. The Morgan fingerprint density at radius 1 is 1.23 bits per heavy atom. The van der Waals surface area contributed by atoms with Gasteiger partial charge in [0.2, 0.25) is 0 Å². The summed E-state index contributed by atoms with van der Waals surface area (Å²) < 4.78 is 64.3. The van der Waals surface area contributed by atoms with E-state index in [2.05, 4.69) is 9.17 Å². The SMILES string of the molecule is O=S(=O)(OC1CCCc2cc3ccccc3nc21)C(F)(F)F. The van der Waals surface area contributed by atoms with Crippen molar-refractivity contribution in [3.8, 4) is 0 Å². The number of aromatic nitrogens is 1. The fourth-order valence-corrected chi connectivity index (χ4v) is 3.17. The van der Waals surface area contributed by atoms with E-state index < -0.39 is 21.7 Å². The van der Waals surface area contributed by atoms with Gasteiger partial charge in [0, 0.05) is 5.39 Å². The van der Waals surface area contributed by atoms with Crippen LogP contribution in [0.4, 0.5) is 13.2 Å². The Hall–Kier alpha value is -1.67. The molecule has 1 atom stereocenters. The van der Waals surface area contributed by atoms with Crippen LogP contribution in [0, 0.1) is 0 Å². The number of hydrogen-bond donors (Lipinski definition) is 0. The molecule has 0 amide bonds. The summed E-state index contributed by atoms with van der Waals surface area (Å²) in [6.45, 7) is 0. The Labute approximate surface area is 125 Å². The lowest BCUT2D eigenvalue weighted by atomic mass is 9.92. The molecule has 1 aromatic carbocycles. The predicted octanol–water partition coefficient (Wildman–Crippen LogP) is 3.48. The van der Waals surface area contributed by atoms with E-state index in [1.807, 2.05) is 18.2 Å². The van der Waals surface area contributed by atoms with Crippen LogP contribution >= 0.6 is 0 Å². The number of para-hydroxylation sites is 1. The second-order valence-corrected chi connectivity index (χ2v) is 6.67. The van der Waals surface area contributed by atoms with Crippen molar-refractivity contribution in [2.24, 2.45) is 0 Å². The largest absolute Gasteiger partial charge is 0.523 e. The van der Waals surface area contributed by atoms with E-state index in [-0.39, 0.29) is 12.1 Å². The standard InChI is InChI=1S/C14H12F3NO3S/c15-14(16,17)22(19,20)21-12-7-3-5-10-8-9-4-1-2-6-11(9)18-13(10)12/h1-2,4,6,8,12H,3,5,7H2.